The Kier molecular flexibility index (Phi) is 5.98. The van der Waals surface area contributed by atoms with Crippen LogP contribution < -0.4 is 9.80 Å². The van der Waals surface area contributed by atoms with Crippen molar-refractivity contribution in [2.75, 3.05) is 68.7 Å². The number of carbonyl (C=O) groups excluding carboxylic acids is 1. The van der Waals surface area contributed by atoms with E-state index < -0.39 is 0 Å². The predicted molar refractivity (Wildman–Crippen MR) is 125 cm³/mol. The summed E-state index contributed by atoms with van der Waals surface area (Å²) in [4.78, 5) is 29.9. The van der Waals surface area contributed by atoms with E-state index in [2.05, 4.69) is 24.9 Å². The Bertz CT molecular complexity index is 1240. The van der Waals surface area contributed by atoms with Crippen LogP contribution in [0.2, 0.25) is 0 Å². The van der Waals surface area contributed by atoms with Gasteiger partial charge in [0.05, 0.1) is 35.4 Å². The van der Waals surface area contributed by atoms with Gasteiger partial charge in [-0.3, -0.25) is 14.4 Å². The van der Waals surface area contributed by atoms with Gasteiger partial charge in [0, 0.05) is 59.4 Å². The standard InChI is InChI=1S/C23H26FN9O/c1-29-22-18(14-28-29)23(27-16-26-22)33-10-8-32(9-11-33)21(34)15-30-4-6-31(7-5-30)20-3-2-17(13-25)12-19(20)24/h2-3,12,14,16H,4-11,15H2,1H3. The molecule has 0 atom stereocenters. The second kappa shape index (κ2) is 9.23. The van der Waals surface area contributed by atoms with Crippen molar-refractivity contribution in [2.45, 2.75) is 0 Å². The summed E-state index contributed by atoms with van der Waals surface area (Å²) in [7, 11) is 1.86. The minimum atomic E-state index is -0.381. The summed E-state index contributed by atoms with van der Waals surface area (Å²) < 4.78 is 16.1. The first-order chi connectivity index (χ1) is 16.5. The maximum atomic E-state index is 14.3. The van der Waals surface area contributed by atoms with Crippen LogP contribution in [-0.4, -0.2) is 94.4 Å². The van der Waals surface area contributed by atoms with Crippen LogP contribution >= 0.6 is 0 Å². The van der Waals surface area contributed by atoms with Crippen LogP contribution in [0.15, 0.2) is 30.7 Å². The number of hydrogen-bond acceptors (Lipinski definition) is 8. The van der Waals surface area contributed by atoms with Gasteiger partial charge in [0.1, 0.15) is 18.0 Å². The molecule has 11 heteroatoms. The lowest BCUT2D eigenvalue weighted by Gasteiger charge is -2.39. The molecule has 0 bridgehead atoms. The Morgan fingerprint density at radius 1 is 1.06 bits per heavy atom. The second-order valence-corrected chi connectivity index (χ2v) is 8.61. The van der Waals surface area contributed by atoms with Crippen LogP contribution in [0.5, 0.6) is 0 Å². The molecule has 4 heterocycles. The van der Waals surface area contributed by atoms with Crippen LogP contribution in [-0.2, 0) is 11.8 Å². The molecule has 0 unspecified atom stereocenters. The number of nitrogens with zero attached hydrogens (tertiary/aromatic N) is 9. The Morgan fingerprint density at radius 3 is 2.50 bits per heavy atom. The topological polar surface area (TPSA) is 97.4 Å². The number of amides is 1. The summed E-state index contributed by atoms with van der Waals surface area (Å²) in [5, 5.41) is 14.1. The maximum Gasteiger partial charge on any atom is 0.236 e. The van der Waals surface area contributed by atoms with Crippen molar-refractivity contribution in [1.29, 1.82) is 5.26 Å². The molecule has 0 aliphatic carbocycles. The van der Waals surface area contributed by atoms with Crippen molar-refractivity contribution in [3.8, 4) is 6.07 Å². The van der Waals surface area contributed by atoms with Gasteiger partial charge in [0.25, 0.3) is 0 Å². The molecular weight excluding hydrogens is 437 g/mol. The fourth-order valence-electron chi connectivity index (χ4n) is 4.64. The van der Waals surface area contributed by atoms with Crippen molar-refractivity contribution in [1.82, 2.24) is 29.5 Å². The zero-order valence-corrected chi connectivity index (χ0v) is 19.1. The molecule has 34 heavy (non-hydrogen) atoms. The average molecular weight is 464 g/mol. The summed E-state index contributed by atoms with van der Waals surface area (Å²) >= 11 is 0. The van der Waals surface area contributed by atoms with Gasteiger partial charge in [-0.05, 0) is 18.2 Å². The molecule has 2 saturated heterocycles. The molecule has 1 aromatic carbocycles. The van der Waals surface area contributed by atoms with Crippen molar-refractivity contribution >= 4 is 28.4 Å². The number of aromatic nitrogens is 4. The smallest absolute Gasteiger partial charge is 0.236 e. The van der Waals surface area contributed by atoms with Crippen LogP contribution in [0.1, 0.15) is 5.56 Å². The van der Waals surface area contributed by atoms with Gasteiger partial charge < -0.3 is 14.7 Å². The Morgan fingerprint density at radius 2 is 1.79 bits per heavy atom. The van der Waals surface area contributed by atoms with E-state index in [0.717, 1.165) is 16.9 Å². The number of rotatable bonds is 4. The highest BCUT2D eigenvalue weighted by Gasteiger charge is 2.27. The highest BCUT2D eigenvalue weighted by atomic mass is 19.1. The molecule has 0 saturated carbocycles. The average Bonchev–Trinajstić information content (AvgIpc) is 3.25. The number of piperazine rings is 2. The number of benzene rings is 1. The summed E-state index contributed by atoms with van der Waals surface area (Å²) in [6.45, 7) is 5.70. The van der Waals surface area contributed by atoms with Crippen molar-refractivity contribution in [3.05, 3.63) is 42.1 Å². The van der Waals surface area contributed by atoms with Crippen molar-refractivity contribution < 1.29 is 9.18 Å². The van der Waals surface area contributed by atoms with Gasteiger partial charge in [-0.1, -0.05) is 0 Å². The summed E-state index contributed by atoms with van der Waals surface area (Å²) in [6, 6.07) is 6.52. The third kappa shape index (κ3) is 4.24. The molecule has 0 N–H and O–H groups in total. The summed E-state index contributed by atoms with van der Waals surface area (Å²) in [6.07, 6.45) is 3.34. The van der Waals surface area contributed by atoms with Crippen LogP contribution in [0.4, 0.5) is 15.9 Å². The lowest BCUT2D eigenvalue weighted by Crippen LogP contribution is -2.54. The number of halogens is 1. The fourth-order valence-corrected chi connectivity index (χ4v) is 4.64. The molecule has 10 nitrogen and oxygen atoms in total. The number of anilines is 2. The molecule has 5 rings (SSSR count). The van der Waals surface area contributed by atoms with Gasteiger partial charge in [-0.25, -0.2) is 14.4 Å². The van der Waals surface area contributed by atoms with E-state index in [1.807, 2.05) is 22.9 Å². The van der Waals surface area contributed by atoms with E-state index in [0.29, 0.717) is 70.2 Å². The molecule has 0 spiro atoms. The van der Waals surface area contributed by atoms with Gasteiger partial charge in [-0.15, -0.1) is 0 Å². The Balaban J connectivity index is 1.13. The van der Waals surface area contributed by atoms with Crippen LogP contribution in [0, 0.1) is 17.1 Å². The van der Waals surface area contributed by atoms with E-state index in [1.54, 1.807) is 29.3 Å². The normalized spacial score (nSPS) is 17.3. The predicted octanol–water partition coefficient (Wildman–Crippen LogP) is 0.845. The molecule has 176 valence electrons. The van der Waals surface area contributed by atoms with Crippen molar-refractivity contribution in [2.24, 2.45) is 7.05 Å². The Hall–Kier alpha value is -3.78. The lowest BCUT2D eigenvalue weighted by atomic mass is 10.2. The first-order valence-corrected chi connectivity index (χ1v) is 11.4. The van der Waals surface area contributed by atoms with E-state index >= 15 is 0 Å². The number of aryl methyl sites for hydroxylation is 1. The molecule has 3 aromatic rings. The fraction of sp³-hybridized carbons (Fsp3) is 0.435. The molecule has 1 amide bonds. The highest BCUT2D eigenvalue weighted by molar-refractivity contribution is 5.87. The summed E-state index contributed by atoms with van der Waals surface area (Å²) in [5.74, 6) is 0.594. The van der Waals surface area contributed by atoms with E-state index in [1.165, 1.54) is 6.07 Å². The molecule has 2 aliphatic rings. The SMILES string of the molecule is Cn1ncc2c(N3CCN(C(=O)CN4CCN(c5ccc(C#N)cc5F)CC4)CC3)ncnc21. The second-order valence-electron chi connectivity index (χ2n) is 8.61. The van der Waals surface area contributed by atoms with E-state index in [4.69, 9.17) is 5.26 Å². The minimum absolute atomic E-state index is 0.117. The zero-order valence-electron chi connectivity index (χ0n) is 19.1. The van der Waals surface area contributed by atoms with Gasteiger partial charge in [0.2, 0.25) is 5.91 Å². The van der Waals surface area contributed by atoms with Crippen LogP contribution in [0.25, 0.3) is 11.0 Å². The summed E-state index contributed by atoms with van der Waals surface area (Å²) in [5.41, 5.74) is 1.62. The van der Waals surface area contributed by atoms with Crippen LogP contribution in [0.3, 0.4) is 0 Å². The van der Waals surface area contributed by atoms with Gasteiger partial charge >= 0.3 is 0 Å². The molecule has 0 radical (unpaired) electrons. The highest BCUT2D eigenvalue weighted by Crippen LogP contribution is 2.24. The van der Waals surface area contributed by atoms with Crippen molar-refractivity contribution in [3.63, 3.8) is 0 Å². The molecule has 2 aromatic heterocycles. The molecular formula is C23H26FN9O. The van der Waals surface area contributed by atoms with Gasteiger partial charge in [0.15, 0.2) is 5.65 Å². The third-order valence-corrected chi connectivity index (χ3v) is 6.59. The minimum Gasteiger partial charge on any atom is -0.367 e. The third-order valence-electron chi connectivity index (χ3n) is 6.59. The van der Waals surface area contributed by atoms with E-state index in [9.17, 15) is 9.18 Å². The van der Waals surface area contributed by atoms with E-state index in [-0.39, 0.29) is 11.7 Å². The molecule has 2 aliphatic heterocycles. The zero-order chi connectivity index (χ0) is 23.7. The lowest BCUT2D eigenvalue weighted by molar-refractivity contribution is -0.132. The number of carbonyl (C=O) groups is 1. The number of nitriles is 1. The monoisotopic (exact) mass is 463 g/mol. The first kappa shape index (κ1) is 22.0. The number of fused-ring (bicyclic) bond motifs is 1. The van der Waals surface area contributed by atoms with Gasteiger partial charge in [-0.2, -0.15) is 10.4 Å². The number of hydrogen-bond donors (Lipinski definition) is 0. The molecule has 2 fully saturated rings. The maximum absolute atomic E-state index is 14.3. The quantitative estimate of drug-likeness (QED) is 0.562. The Labute approximate surface area is 196 Å². The first-order valence-electron chi connectivity index (χ1n) is 11.4. The largest absolute Gasteiger partial charge is 0.367 e.